The molecule has 3 nitrogen and oxygen atoms in total. The average Bonchev–Trinajstić information content (AvgIpc) is 3.00. The van der Waals surface area contributed by atoms with E-state index in [0.717, 1.165) is 28.9 Å². The number of nitrogens with zero attached hydrogens (tertiary/aromatic N) is 1. The van der Waals surface area contributed by atoms with Crippen molar-refractivity contribution >= 4 is 68.4 Å². The number of anilines is 2. The maximum Gasteiger partial charge on any atom is 0.257 e. The molecule has 3 rings (SSSR count). The fourth-order valence-electron chi connectivity index (χ4n) is 2.32. The van der Waals surface area contributed by atoms with Crippen molar-refractivity contribution < 1.29 is 4.79 Å². The second kappa shape index (κ2) is 7.34. The summed E-state index contributed by atoms with van der Waals surface area (Å²) < 4.78 is 2.98. The number of halogens is 3. The fourth-order valence-corrected chi connectivity index (χ4v) is 4.38. The summed E-state index contributed by atoms with van der Waals surface area (Å²) in [6.07, 6.45) is 1.14. The molecule has 1 fully saturated rings. The summed E-state index contributed by atoms with van der Waals surface area (Å²) in [5.41, 5.74) is 2.06. The van der Waals surface area contributed by atoms with Crippen LogP contribution in [0.3, 0.4) is 0 Å². The third-order valence-corrected chi connectivity index (χ3v) is 5.54. The normalized spacial score (nSPS) is 14.1. The first kappa shape index (κ1) is 17.0. The molecule has 1 N–H and O–H groups in total. The van der Waals surface area contributed by atoms with Crippen LogP contribution in [-0.2, 0) is 0 Å². The van der Waals surface area contributed by atoms with E-state index < -0.39 is 0 Å². The van der Waals surface area contributed by atoms with Gasteiger partial charge in [0, 0.05) is 33.2 Å². The van der Waals surface area contributed by atoms with E-state index in [4.69, 9.17) is 23.2 Å². The van der Waals surface area contributed by atoms with Gasteiger partial charge in [-0.25, -0.2) is 0 Å². The second-order valence-electron chi connectivity index (χ2n) is 5.07. The summed E-state index contributed by atoms with van der Waals surface area (Å²) in [6.45, 7) is 0.981. The van der Waals surface area contributed by atoms with Gasteiger partial charge in [0.1, 0.15) is 0 Å². The number of nitrogens with one attached hydrogen (secondary N) is 1. The predicted octanol–water partition coefficient (Wildman–Crippen LogP) is 5.87. The van der Waals surface area contributed by atoms with Gasteiger partial charge in [-0.1, -0.05) is 39.1 Å². The lowest BCUT2D eigenvalue weighted by Crippen LogP contribution is -2.14. The van der Waals surface area contributed by atoms with Gasteiger partial charge in [0.15, 0.2) is 0 Å². The molecule has 23 heavy (non-hydrogen) atoms. The Morgan fingerprint density at radius 1 is 1.22 bits per heavy atom. The largest absolute Gasteiger partial charge is 0.322 e. The van der Waals surface area contributed by atoms with E-state index in [9.17, 15) is 4.79 Å². The van der Waals surface area contributed by atoms with Crippen LogP contribution in [0.25, 0.3) is 0 Å². The standard InChI is InChI=1S/C16H13BrCl2N2OS/c17-10-6-11(18)8-12(7-10)20-16(22)14-9-13(2-3-15(14)19)21-4-1-5-23-21/h2-3,6-9H,1,4-5H2,(H,20,22). The molecule has 1 aliphatic heterocycles. The molecule has 1 amide bonds. The molecule has 2 aromatic carbocycles. The Labute approximate surface area is 157 Å². The van der Waals surface area contributed by atoms with Gasteiger partial charge in [0.05, 0.1) is 10.6 Å². The molecule has 1 heterocycles. The lowest BCUT2D eigenvalue weighted by atomic mass is 10.1. The molecular weight excluding hydrogens is 419 g/mol. The molecule has 0 radical (unpaired) electrons. The quantitative estimate of drug-likeness (QED) is 0.617. The zero-order valence-corrected chi connectivity index (χ0v) is 15.9. The molecule has 0 aliphatic carbocycles. The number of hydrogen-bond donors (Lipinski definition) is 1. The highest BCUT2D eigenvalue weighted by atomic mass is 79.9. The van der Waals surface area contributed by atoms with Gasteiger partial charge in [-0.3, -0.25) is 4.79 Å². The van der Waals surface area contributed by atoms with Crippen LogP contribution in [0.4, 0.5) is 11.4 Å². The molecule has 0 atom stereocenters. The Hall–Kier alpha value is -0.880. The molecule has 1 saturated heterocycles. The van der Waals surface area contributed by atoms with E-state index in [-0.39, 0.29) is 5.91 Å². The van der Waals surface area contributed by atoms with Crippen molar-refractivity contribution in [1.29, 1.82) is 0 Å². The van der Waals surface area contributed by atoms with Crippen LogP contribution in [-0.4, -0.2) is 18.2 Å². The summed E-state index contributed by atoms with van der Waals surface area (Å²) in [4.78, 5) is 12.5. The van der Waals surface area contributed by atoms with Crippen molar-refractivity contribution in [3.8, 4) is 0 Å². The highest BCUT2D eigenvalue weighted by Crippen LogP contribution is 2.32. The van der Waals surface area contributed by atoms with Gasteiger partial charge >= 0.3 is 0 Å². The topological polar surface area (TPSA) is 32.3 Å². The van der Waals surface area contributed by atoms with Crippen molar-refractivity contribution in [2.45, 2.75) is 6.42 Å². The molecule has 7 heteroatoms. The van der Waals surface area contributed by atoms with Crippen LogP contribution < -0.4 is 9.62 Å². The van der Waals surface area contributed by atoms with Crippen molar-refractivity contribution in [3.05, 3.63) is 56.5 Å². The zero-order chi connectivity index (χ0) is 16.4. The number of carbonyl (C=O) groups excluding carboxylic acids is 1. The molecule has 120 valence electrons. The maximum absolute atomic E-state index is 12.5. The van der Waals surface area contributed by atoms with Crippen LogP contribution in [0.5, 0.6) is 0 Å². The van der Waals surface area contributed by atoms with Gasteiger partial charge in [0.25, 0.3) is 5.91 Å². The highest BCUT2D eigenvalue weighted by molar-refractivity contribution is 9.10. The van der Waals surface area contributed by atoms with Crippen molar-refractivity contribution in [1.82, 2.24) is 0 Å². The number of benzene rings is 2. The Kier molecular flexibility index (Phi) is 5.42. The number of rotatable bonds is 3. The van der Waals surface area contributed by atoms with Crippen molar-refractivity contribution in [3.63, 3.8) is 0 Å². The lowest BCUT2D eigenvalue weighted by Gasteiger charge is -2.17. The fraction of sp³-hybridized carbons (Fsp3) is 0.188. The van der Waals surface area contributed by atoms with Gasteiger partial charge in [-0.2, -0.15) is 0 Å². The maximum atomic E-state index is 12.5. The summed E-state index contributed by atoms with van der Waals surface area (Å²) >= 11 is 17.3. The van der Waals surface area contributed by atoms with Gasteiger partial charge in [-0.15, -0.1) is 0 Å². The van der Waals surface area contributed by atoms with E-state index >= 15 is 0 Å². The summed E-state index contributed by atoms with van der Waals surface area (Å²) in [7, 11) is 0. The van der Waals surface area contributed by atoms with E-state index in [1.165, 1.54) is 0 Å². The van der Waals surface area contributed by atoms with Gasteiger partial charge in [0.2, 0.25) is 0 Å². The molecule has 0 aromatic heterocycles. The van der Waals surface area contributed by atoms with Crippen LogP contribution in [0.2, 0.25) is 10.0 Å². The Morgan fingerprint density at radius 2 is 2.04 bits per heavy atom. The second-order valence-corrected chi connectivity index (χ2v) is 7.93. The van der Waals surface area contributed by atoms with Crippen molar-refractivity contribution in [2.75, 3.05) is 21.9 Å². The first-order valence-corrected chi connectivity index (χ1v) is 9.49. The monoisotopic (exact) mass is 430 g/mol. The zero-order valence-electron chi connectivity index (χ0n) is 12.0. The van der Waals surface area contributed by atoms with Crippen LogP contribution >= 0.6 is 51.1 Å². The molecule has 0 bridgehead atoms. The Bertz CT molecular complexity index is 731. The summed E-state index contributed by atoms with van der Waals surface area (Å²) in [5, 5.41) is 3.81. The van der Waals surface area contributed by atoms with E-state index in [1.54, 1.807) is 36.2 Å². The molecular formula is C16H13BrCl2N2OS. The molecule has 0 spiro atoms. The minimum Gasteiger partial charge on any atom is -0.322 e. The van der Waals surface area contributed by atoms with E-state index in [2.05, 4.69) is 25.6 Å². The first-order valence-electron chi connectivity index (χ1n) is 7.00. The Balaban J connectivity index is 1.84. The lowest BCUT2D eigenvalue weighted by molar-refractivity contribution is 0.102. The van der Waals surface area contributed by atoms with Gasteiger partial charge in [-0.05, 0) is 54.8 Å². The molecule has 0 saturated carbocycles. The molecule has 2 aromatic rings. The van der Waals surface area contributed by atoms with Crippen molar-refractivity contribution in [2.24, 2.45) is 0 Å². The smallest absolute Gasteiger partial charge is 0.257 e. The van der Waals surface area contributed by atoms with Gasteiger partial charge < -0.3 is 9.62 Å². The highest BCUT2D eigenvalue weighted by Gasteiger charge is 2.17. The third-order valence-electron chi connectivity index (χ3n) is 3.36. The predicted molar refractivity (Wildman–Crippen MR) is 103 cm³/mol. The SMILES string of the molecule is O=C(Nc1cc(Cl)cc(Br)c1)c1cc(N2CCCS2)ccc1Cl. The first-order chi connectivity index (χ1) is 11.0. The summed E-state index contributed by atoms with van der Waals surface area (Å²) in [5.74, 6) is 0.843. The minimum atomic E-state index is -0.254. The van der Waals surface area contributed by atoms with E-state index in [1.807, 2.05) is 12.1 Å². The minimum absolute atomic E-state index is 0.254. The molecule has 1 aliphatic rings. The number of carbonyl (C=O) groups is 1. The average molecular weight is 432 g/mol. The van der Waals surface area contributed by atoms with Crippen LogP contribution in [0.15, 0.2) is 40.9 Å². The number of hydrogen-bond acceptors (Lipinski definition) is 3. The summed E-state index contributed by atoms with van der Waals surface area (Å²) in [6, 6.07) is 10.8. The van der Waals surface area contributed by atoms with E-state index in [0.29, 0.717) is 21.3 Å². The number of amides is 1. The Morgan fingerprint density at radius 3 is 2.74 bits per heavy atom. The third kappa shape index (κ3) is 4.15. The van der Waals surface area contributed by atoms with Crippen LogP contribution in [0.1, 0.15) is 16.8 Å². The van der Waals surface area contributed by atoms with Crippen LogP contribution in [0, 0.1) is 0 Å². The molecule has 0 unspecified atom stereocenters.